The van der Waals surface area contributed by atoms with Gasteiger partial charge in [-0.15, -0.1) is 0 Å². The molecule has 0 aromatic heterocycles. The zero-order chi connectivity index (χ0) is 15.0. The number of rotatable bonds is 3. The summed E-state index contributed by atoms with van der Waals surface area (Å²) < 4.78 is 5.96. The Morgan fingerprint density at radius 1 is 1.37 bits per heavy atom. The average molecular weight is 303 g/mol. The van der Waals surface area contributed by atoms with Gasteiger partial charge in [0.2, 0.25) is 5.75 Å². The Labute approximate surface area is 119 Å². The fourth-order valence-corrected chi connectivity index (χ4v) is 2.51. The van der Waals surface area contributed by atoms with E-state index in [0.717, 1.165) is 0 Å². The number of nitrogen functional groups attached to an aromatic ring is 1. The lowest BCUT2D eigenvalue weighted by atomic mass is 10.2. The van der Waals surface area contributed by atoms with Gasteiger partial charge < -0.3 is 10.2 Å². The summed E-state index contributed by atoms with van der Waals surface area (Å²) in [7, 11) is -2.20. The monoisotopic (exact) mass is 302 g/mol. The summed E-state index contributed by atoms with van der Waals surface area (Å²) in [6, 6.07) is 2.73. The second kappa shape index (κ2) is 5.01. The molecule has 0 saturated carbocycles. The molecule has 0 aliphatic carbocycles. The van der Waals surface area contributed by atoms with Gasteiger partial charge in [0.1, 0.15) is 0 Å². The summed E-state index contributed by atoms with van der Waals surface area (Å²) in [6.07, 6.45) is 0. The first-order valence-corrected chi connectivity index (χ1v) is 9.17. The molecule has 0 unspecified atom stereocenters. The number of benzene rings is 1. The van der Waals surface area contributed by atoms with Crippen LogP contribution in [0.3, 0.4) is 0 Å². The van der Waals surface area contributed by atoms with Crippen molar-refractivity contribution in [2.45, 2.75) is 38.9 Å². The number of nitrogens with two attached hydrogens (primary N) is 1. The molecule has 0 aliphatic heterocycles. The number of halogens is 1. The normalized spacial score (nSPS) is 12.3. The van der Waals surface area contributed by atoms with Gasteiger partial charge in [-0.2, -0.15) is 0 Å². The number of hydrogen-bond acceptors (Lipinski definition) is 4. The van der Waals surface area contributed by atoms with Crippen molar-refractivity contribution in [2.24, 2.45) is 0 Å². The molecule has 1 rings (SSSR count). The number of nitrogens with zero attached hydrogens (tertiary/aromatic N) is 1. The summed E-state index contributed by atoms with van der Waals surface area (Å²) in [4.78, 5) is 10.6. The Hall–Kier alpha value is -1.27. The van der Waals surface area contributed by atoms with Crippen LogP contribution in [0.15, 0.2) is 12.1 Å². The molecule has 1 aromatic carbocycles. The number of nitro groups is 1. The Morgan fingerprint density at radius 2 is 1.89 bits per heavy atom. The number of hydrogen-bond donors (Lipinski definition) is 1. The maximum atomic E-state index is 11.1. The molecule has 106 valence electrons. The molecule has 0 radical (unpaired) electrons. The third-order valence-electron chi connectivity index (χ3n) is 3.42. The van der Waals surface area contributed by atoms with Crippen molar-refractivity contribution in [1.29, 1.82) is 0 Å². The van der Waals surface area contributed by atoms with Gasteiger partial charge in [0.15, 0.2) is 0 Å². The van der Waals surface area contributed by atoms with E-state index in [1.165, 1.54) is 12.1 Å². The van der Waals surface area contributed by atoms with E-state index in [4.69, 9.17) is 21.8 Å². The summed E-state index contributed by atoms with van der Waals surface area (Å²) >= 11 is 5.80. The number of anilines is 1. The van der Waals surface area contributed by atoms with E-state index in [1.54, 1.807) is 0 Å². The van der Waals surface area contributed by atoms with Crippen molar-refractivity contribution in [1.82, 2.24) is 0 Å². The predicted molar refractivity (Wildman–Crippen MR) is 80.3 cm³/mol. The van der Waals surface area contributed by atoms with Crippen LogP contribution in [0.5, 0.6) is 5.75 Å². The van der Waals surface area contributed by atoms with Crippen LogP contribution >= 0.6 is 11.6 Å². The zero-order valence-electron chi connectivity index (χ0n) is 11.8. The molecule has 19 heavy (non-hydrogen) atoms. The van der Waals surface area contributed by atoms with Crippen LogP contribution in [0.4, 0.5) is 11.4 Å². The predicted octanol–water partition coefficient (Wildman–Crippen LogP) is 4.21. The Morgan fingerprint density at radius 3 is 2.32 bits per heavy atom. The molecule has 0 spiro atoms. The largest absolute Gasteiger partial charge is 0.538 e. The fourth-order valence-electron chi connectivity index (χ4n) is 1.25. The quantitative estimate of drug-likeness (QED) is 0.392. The van der Waals surface area contributed by atoms with E-state index in [0.29, 0.717) is 0 Å². The standard InChI is InChI=1S/C12H19ClN2O3Si/c1-12(2,3)19(4,5)18-11-9(14)6-8(13)7-10(11)15(16)17/h6-7H,14H2,1-5H3. The van der Waals surface area contributed by atoms with E-state index in [9.17, 15) is 10.1 Å². The van der Waals surface area contributed by atoms with E-state index in [-0.39, 0.29) is 27.2 Å². The first-order valence-electron chi connectivity index (χ1n) is 5.88. The lowest BCUT2D eigenvalue weighted by molar-refractivity contribution is -0.385. The third-order valence-corrected chi connectivity index (χ3v) is 7.97. The van der Waals surface area contributed by atoms with Gasteiger partial charge in [0.25, 0.3) is 8.32 Å². The van der Waals surface area contributed by atoms with E-state index in [1.807, 2.05) is 13.1 Å². The molecular weight excluding hydrogens is 284 g/mol. The van der Waals surface area contributed by atoms with Gasteiger partial charge in [0, 0.05) is 11.1 Å². The molecule has 0 amide bonds. The van der Waals surface area contributed by atoms with Crippen molar-refractivity contribution in [3.05, 3.63) is 27.3 Å². The van der Waals surface area contributed by atoms with Crippen LogP contribution in [0.2, 0.25) is 23.2 Å². The molecule has 0 aliphatic rings. The molecule has 1 aromatic rings. The maximum absolute atomic E-state index is 11.1. The highest BCUT2D eigenvalue weighted by molar-refractivity contribution is 6.74. The van der Waals surface area contributed by atoms with Gasteiger partial charge in [-0.1, -0.05) is 32.4 Å². The second-order valence-electron chi connectivity index (χ2n) is 5.96. The van der Waals surface area contributed by atoms with Gasteiger partial charge in [-0.05, 0) is 24.2 Å². The molecule has 0 fully saturated rings. The third kappa shape index (κ3) is 3.39. The highest BCUT2D eigenvalue weighted by Crippen LogP contribution is 2.43. The van der Waals surface area contributed by atoms with Gasteiger partial charge in [0.05, 0.1) is 10.6 Å². The van der Waals surface area contributed by atoms with E-state index >= 15 is 0 Å². The molecule has 0 atom stereocenters. The molecule has 0 bridgehead atoms. The minimum Gasteiger partial charge on any atom is -0.538 e. The summed E-state index contributed by atoms with van der Waals surface area (Å²) in [5.41, 5.74) is 5.83. The van der Waals surface area contributed by atoms with Gasteiger partial charge in [-0.25, -0.2) is 0 Å². The average Bonchev–Trinajstić information content (AvgIpc) is 2.19. The minimum absolute atomic E-state index is 0.0764. The lowest BCUT2D eigenvalue weighted by Gasteiger charge is -2.36. The van der Waals surface area contributed by atoms with Gasteiger partial charge >= 0.3 is 5.69 Å². The summed E-state index contributed by atoms with van der Waals surface area (Å²) in [5.74, 6) is 0.126. The SMILES string of the molecule is CC(C)(C)[Si](C)(C)Oc1c(N)cc(Cl)cc1[N+](=O)[O-]. The number of nitro benzene ring substituents is 1. The second-order valence-corrected chi connectivity index (χ2v) is 11.1. The van der Waals surface area contributed by atoms with Crippen molar-refractivity contribution in [2.75, 3.05) is 5.73 Å². The first kappa shape index (κ1) is 15.8. The van der Waals surface area contributed by atoms with Crippen molar-refractivity contribution >= 4 is 31.3 Å². The van der Waals surface area contributed by atoms with Crippen LogP contribution in [-0.2, 0) is 0 Å². The van der Waals surface area contributed by atoms with E-state index in [2.05, 4.69) is 20.8 Å². The summed E-state index contributed by atoms with van der Waals surface area (Å²) in [5, 5.41) is 11.2. The maximum Gasteiger partial charge on any atom is 0.313 e. The minimum atomic E-state index is -2.20. The summed E-state index contributed by atoms with van der Waals surface area (Å²) in [6.45, 7) is 10.2. The van der Waals surface area contributed by atoms with Crippen LogP contribution in [0.1, 0.15) is 20.8 Å². The van der Waals surface area contributed by atoms with Crippen molar-refractivity contribution < 1.29 is 9.35 Å². The van der Waals surface area contributed by atoms with Crippen molar-refractivity contribution in [3.8, 4) is 5.75 Å². The molecule has 0 heterocycles. The highest BCUT2D eigenvalue weighted by atomic mass is 35.5. The zero-order valence-corrected chi connectivity index (χ0v) is 13.5. The smallest absolute Gasteiger partial charge is 0.313 e. The van der Waals surface area contributed by atoms with Crippen LogP contribution < -0.4 is 10.2 Å². The van der Waals surface area contributed by atoms with Gasteiger partial charge in [-0.3, -0.25) is 10.1 Å². The Balaban J connectivity index is 3.32. The first-order chi connectivity index (χ1) is 8.45. The Bertz CT molecular complexity index is 512. The molecule has 2 N–H and O–H groups in total. The van der Waals surface area contributed by atoms with Crippen LogP contribution in [0.25, 0.3) is 0 Å². The molecule has 7 heteroatoms. The molecule has 0 saturated heterocycles. The fraction of sp³-hybridized carbons (Fsp3) is 0.500. The van der Waals surface area contributed by atoms with Crippen molar-refractivity contribution in [3.63, 3.8) is 0 Å². The molecular formula is C12H19ClN2O3Si. The van der Waals surface area contributed by atoms with Crippen LogP contribution in [0, 0.1) is 10.1 Å². The van der Waals surface area contributed by atoms with Crippen LogP contribution in [-0.4, -0.2) is 13.2 Å². The van der Waals surface area contributed by atoms with E-state index < -0.39 is 13.2 Å². The Kier molecular flexibility index (Phi) is 4.16. The molecule has 5 nitrogen and oxygen atoms in total. The topological polar surface area (TPSA) is 78.4 Å². The lowest BCUT2D eigenvalue weighted by Crippen LogP contribution is -2.44. The highest BCUT2D eigenvalue weighted by Gasteiger charge is 2.41.